The van der Waals surface area contributed by atoms with Crippen molar-refractivity contribution in [3.63, 3.8) is 0 Å². The highest BCUT2D eigenvalue weighted by molar-refractivity contribution is 14.0. The highest BCUT2D eigenvalue weighted by atomic mass is 127. The molecule has 0 aliphatic heterocycles. The maximum atomic E-state index is 11.4. The molecule has 1 amide bonds. The van der Waals surface area contributed by atoms with Crippen molar-refractivity contribution in [2.45, 2.75) is 60.5 Å². The molecule has 0 heterocycles. The van der Waals surface area contributed by atoms with E-state index in [1.807, 2.05) is 20.8 Å². The minimum Gasteiger partial charge on any atom is -0.369 e. The monoisotopic (exact) mass is 441 g/mol. The van der Waals surface area contributed by atoms with Crippen LogP contribution in [0.5, 0.6) is 0 Å². The van der Waals surface area contributed by atoms with Crippen molar-refractivity contribution in [2.75, 3.05) is 26.2 Å². The summed E-state index contributed by atoms with van der Waals surface area (Å²) in [5.74, 6) is 0.391. The summed E-state index contributed by atoms with van der Waals surface area (Å²) in [4.78, 5) is 18.2. The molecule has 0 aromatic heterocycles. The Kier molecular flexibility index (Phi) is 12.8. The third-order valence-electron chi connectivity index (χ3n) is 3.63. The van der Waals surface area contributed by atoms with Gasteiger partial charge in [0, 0.05) is 31.7 Å². The molecule has 0 saturated carbocycles. The van der Waals surface area contributed by atoms with Crippen LogP contribution in [0.4, 0.5) is 0 Å². The summed E-state index contributed by atoms with van der Waals surface area (Å²) in [6.45, 7) is 17.3. The van der Waals surface area contributed by atoms with Crippen molar-refractivity contribution in [1.82, 2.24) is 15.5 Å². The molecular formula is C16H36IN5O. The molecule has 0 saturated heterocycles. The van der Waals surface area contributed by atoms with Gasteiger partial charge < -0.3 is 16.4 Å². The second kappa shape index (κ2) is 11.9. The van der Waals surface area contributed by atoms with Crippen LogP contribution in [0.2, 0.25) is 0 Å². The molecule has 0 aromatic carbocycles. The Morgan fingerprint density at radius 1 is 1.17 bits per heavy atom. The molecular weight excluding hydrogens is 405 g/mol. The number of hydrogen-bond acceptors (Lipinski definition) is 3. The van der Waals surface area contributed by atoms with Crippen LogP contribution >= 0.6 is 24.0 Å². The number of rotatable bonds is 9. The minimum atomic E-state index is -0.635. The second-order valence-electron chi connectivity index (χ2n) is 6.80. The number of aliphatic imine (C=N–C) groups is 1. The zero-order valence-corrected chi connectivity index (χ0v) is 18.1. The average Bonchev–Trinajstić information content (AvgIpc) is 2.39. The highest BCUT2D eigenvalue weighted by Gasteiger charge is 2.24. The van der Waals surface area contributed by atoms with Crippen LogP contribution in [0.1, 0.15) is 48.5 Å². The predicted octanol–water partition coefficient (Wildman–Crippen LogP) is 1.79. The molecule has 0 aliphatic carbocycles. The average molecular weight is 441 g/mol. The van der Waals surface area contributed by atoms with Gasteiger partial charge >= 0.3 is 0 Å². The first kappa shape index (κ1) is 24.7. The number of nitrogens with two attached hydrogens (primary N) is 1. The molecule has 6 nitrogen and oxygen atoms in total. The lowest BCUT2D eigenvalue weighted by molar-refractivity contribution is -0.125. The van der Waals surface area contributed by atoms with Crippen LogP contribution in [0.25, 0.3) is 0 Å². The third-order valence-corrected chi connectivity index (χ3v) is 3.63. The van der Waals surface area contributed by atoms with Crippen molar-refractivity contribution in [3.05, 3.63) is 0 Å². The summed E-state index contributed by atoms with van der Waals surface area (Å²) in [5, 5.41) is 6.51. The Bertz CT molecular complexity index is 361. The fraction of sp³-hybridized carbons (Fsp3) is 0.875. The van der Waals surface area contributed by atoms with E-state index in [4.69, 9.17) is 5.73 Å². The lowest BCUT2D eigenvalue weighted by Crippen LogP contribution is -2.45. The molecule has 138 valence electrons. The summed E-state index contributed by atoms with van der Waals surface area (Å²) >= 11 is 0. The Hall–Kier alpha value is -0.570. The number of nitrogens with one attached hydrogen (secondary N) is 2. The number of halogens is 1. The molecule has 0 atom stereocenters. The Balaban J connectivity index is 0. The normalized spacial score (nSPS) is 12.5. The van der Waals surface area contributed by atoms with Crippen molar-refractivity contribution >= 4 is 35.8 Å². The highest BCUT2D eigenvalue weighted by Crippen LogP contribution is 2.13. The molecule has 0 aromatic rings. The number of hydrogen-bond donors (Lipinski definition) is 3. The zero-order valence-electron chi connectivity index (χ0n) is 15.8. The van der Waals surface area contributed by atoms with Crippen molar-refractivity contribution in [2.24, 2.45) is 16.1 Å². The SMILES string of the molecule is CCNC(=NCC(C)(C)C(N)=O)NCCN(C(C)C)C(C)C.I. The molecule has 0 fully saturated rings. The van der Waals surface area contributed by atoms with Gasteiger partial charge in [-0.15, -0.1) is 24.0 Å². The third kappa shape index (κ3) is 10.0. The summed E-state index contributed by atoms with van der Waals surface area (Å²) in [7, 11) is 0. The van der Waals surface area contributed by atoms with Crippen LogP contribution in [-0.2, 0) is 4.79 Å². The van der Waals surface area contributed by atoms with E-state index >= 15 is 0 Å². The van der Waals surface area contributed by atoms with Crippen molar-refractivity contribution in [1.29, 1.82) is 0 Å². The molecule has 0 aliphatic rings. The van der Waals surface area contributed by atoms with Crippen molar-refractivity contribution in [3.8, 4) is 0 Å². The number of carbonyl (C=O) groups is 1. The van der Waals surface area contributed by atoms with Gasteiger partial charge in [0.2, 0.25) is 5.91 Å². The van der Waals surface area contributed by atoms with Crippen LogP contribution in [-0.4, -0.2) is 55.0 Å². The van der Waals surface area contributed by atoms with Crippen LogP contribution in [0.3, 0.4) is 0 Å². The maximum Gasteiger partial charge on any atom is 0.224 e. The lowest BCUT2D eigenvalue weighted by Gasteiger charge is -2.30. The Morgan fingerprint density at radius 3 is 2.09 bits per heavy atom. The second-order valence-corrected chi connectivity index (χ2v) is 6.80. The first-order valence-corrected chi connectivity index (χ1v) is 8.19. The molecule has 0 radical (unpaired) electrons. The quantitative estimate of drug-likeness (QED) is 0.290. The van der Waals surface area contributed by atoms with Gasteiger partial charge in [-0.05, 0) is 48.5 Å². The maximum absolute atomic E-state index is 11.4. The van der Waals surface area contributed by atoms with E-state index in [1.54, 1.807) is 0 Å². The first-order valence-electron chi connectivity index (χ1n) is 8.19. The van der Waals surface area contributed by atoms with Gasteiger partial charge in [0.05, 0.1) is 12.0 Å². The first-order chi connectivity index (χ1) is 10.1. The van der Waals surface area contributed by atoms with Crippen LogP contribution in [0, 0.1) is 5.41 Å². The molecule has 0 spiro atoms. The topological polar surface area (TPSA) is 82.7 Å². The molecule has 0 rings (SSSR count). The van der Waals surface area contributed by atoms with Gasteiger partial charge in [-0.25, -0.2) is 0 Å². The predicted molar refractivity (Wildman–Crippen MR) is 109 cm³/mol. The largest absolute Gasteiger partial charge is 0.369 e. The summed E-state index contributed by atoms with van der Waals surface area (Å²) < 4.78 is 0. The van der Waals surface area contributed by atoms with E-state index in [0.717, 1.165) is 25.6 Å². The Labute approximate surface area is 159 Å². The number of nitrogens with zero attached hydrogens (tertiary/aromatic N) is 2. The van der Waals surface area contributed by atoms with Gasteiger partial charge in [-0.2, -0.15) is 0 Å². The molecule has 0 bridgehead atoms. The number of primary amides is 1. The fourth-order valence-corrected chi connectivity index (χ4v) is 2.11. The van der Waals surface area contributed by atoms with Gasteiger partial charge in [-0.3, -0.25) is 14.7 Å². The molecule has 0 unspecified atom stereocenters. The zero-order chi connectivity index (χ0) is 17.3. The summed E-state index contributed by atoms with van der Waals surface area (Å²) in [6, 6.07) is 1.02. The van der Waals surface area contributed by atoms with Crippen molar-refractivity contribution < 1.29 is 4.79 Å². The smallest absolute Gasteiger partial charge is 0.224 e. The standard InChI is InChI=1S/C16H35N5O.HI/c1-8-18-15(20-11-16(6,7)14(17)22)19-9-10-21(12(2)3)13(4)5;/h12-13H,8-11H2,1-7H3,(H2,17,22)(H2,18,19,20);1H. The molecule has 7 heteroatoms. The van der Waals surface area contributed by atoms with E-state index in [-0.39, 0.29) is 29.9 Å². The van der Waals surface area contributed by atoms with E-state index < -0.39 is 5.41 Å². The van der Waals surface area contributed by atoms with E-state index in [1.165, 1.54) is 0 Å². The van der Waals surface area contributed by atoms with E-state index in [2.05, 4.69) is 48.2 Å². The van der Waals surface area contributed by atoms with Gasteiger partial charge in [0.15, 0.2) is 5.96 Å². The number of carbonyl (C=O) groups excluding carboxylic acids is 1. The summed E-state index contributed by atoms with van der Waals surface area (Å²) in [6.07, 6.45) is 0. The van der Waals surface area contributed by atoms with Gasteiger partial charge in [-0.1, -0.05) is 0 Å². The fourth-order valence-electron chi connectivity index (χ4n) is 2.11. The lowest BCUT2D eigenvalue weighted by atomic mass is 9.93. The number of guanidine groups is 1. The molecule has 4 N–H and O–H groups in total. The number of amides is 1. The minimum absolute atomic E-state index is 0. The van der Waals surface area contributed by atoms with Crippen LogP contribution in [0.15, 0.2) is 4.99 Å². The Morgan fingerprint density at radius 2 is 1.70 bits per heavy atom. The van der Waals surface area contributed by atoms with Gasteiger partial charge in [0.25, 0.3) is 0 Å². The van der Waals surface area contributed by atoms with E-state index in [0.29, 0.717) is 18.6 Å². The summed E-state index contributed by atoms with van der Waals surface area (Å²) in [5.41, 5.74) is 4.75. The van der Waals surface area contributed by atoms with Gasteiger partial charge in [0.1, 0.15) is 0 Å². The molecule has 23 heavy (non-hydrogen) atoms. The van der Waals surface area contributed by atoms with Crippen LogP contribution < -0.4 is 16.4 Å². The van der Waals surface area contributed by atoms with E-state index in [9.17, 15) is 4.79 Å².